The van der Waals surface area contributed by atoms with Crippen LogP contribution in [0.15, 0.2) is 35.9 Å². The van der Waals surface area contributed by atoms with E-state index < -0.39 is 5.97 Å². The van der Waals surface area contributed by atoms with Crippen LogP contribution in [0.4, 0.5) is 0 Å². The van der Waals surface area contributed by atoms with Gasteiger partial charge in [0.1, 0.15) is 12.4 Å². The van der Waals surface area contributed by atoms with Crippen molar-refractivity contribution >= 4 is 5.97 Å². The first kappa shape index (κ1) is 28.3. The minimum absolute atomic E-state index is 0.148. The molecular formula is C28H45NO5. The van der Waals surface area contributed by atoms with Gasteiger partial charge in [-0.2, -0.15) is 0 Å². The van der Waals surface area contributed by atoms with E-state index in [9.17, 15) is 9.90 Å². The fourth-order valence-electron chi connectivity index (χ4n) is 4.71. The lowest BCUT2D eigenvalue weighted by atomic mass is 9.69. The summed E-state index contributed by atoms with van der Waals surface area (Å²) in [6.45, 7) is 8.65. The molecule has 0 aromatic heterocycles. The van der Waals surface area contributed by atoms with E-state index in [1.165, 1.54) is 31.3 Å². The second-order valence-corrected chi connectivity index (χ2v) is 10.3. The Bertz CT molecular complexity index is 764. The Morgan fingerprint density at radius 1 is 1.26 bits per heavy atom. The largest absolute Gasteiger partial charge is 0.492 e. The molecular weight excluding hydrogens is 430 g/mol. The smallest absolute Gasteiger partial charge is 0.303 e. The van der Waals surface area contributed by atoms with Crippen molar-refractivity contribution in [3.63, 3.8) is 0 Å². The Balaban J connectivity index is 0.000000240. The summed E-state index contributed by atoms with van der Waals surface area (Å²) >= 11 is 0. The van der Waals surface area contributed by atoms with E-state index >= 15 is 0 Å². The topological polar surface area (TPSA) is 82.5 Å². The zero-order chi connectivity index (χ0) is 25.1. The third kappa shape index (κ3) is 9.77. The van der Waals surface area contributed by atoms with Crippen LogP contribution in [0, 0.1) is 11.8 Å². The van der Waals surface area contributed by atoms with Crippen LogP contribution < -0.4 is 4.74 Å². The standard InChI is InChI=1S/C15H26O2.C13H19NO3/c1-11(2)7-8-13(12(3)16)14-6-4-5-9-15(14)10-17-15;1-14(2)9-10-17-12-6-3-11(4-7-12)5-8-13(15)16/h7,12-14,16H,4-6,8-10H2,1-3H3;3-4,6-7H,5,8-10H2,1-2H3,(H,15,16). The number of rotatable bonds is 11. The number of carbonyl (C=O) groups is 1. The Hall–Kier alpha value is -1.89. The van der Waals surface area contributed by atoms with E-state index in [2.05, 4.69) is 24.8 Å². The lowest BCUT2D eigenvalue weighted by Gasteiger charge is -2.36. The fourth-order valence-corrected chi connectivity index (χ4v) is 4.71. The molecule has 4 atom stereocenters. The number of allylic oxidation sites excluding steroid dienone is 2. The van der Waals surface area contributed by atoms with Gasteiger partial charge in [-0.1, -0.05) is 36.6 Å². The molecule has 192 valence electrons. The van der Waals surface area contributed by atoms with E-state index in [0.29, 0.717) is 24.9 Å². The number of aliphatic hydroxyl groups excluding tert-OH is 1. The van der Waals surface area contributed by atoms with Crippen LogP contribution in [0.25, 0.3) is 0 Å². The van der Waals surface area contributed by atoms with Gasteiger partial charge in [0.25, 0.3) is 0 Å². The molecule has 2 aliphatic rings. The predicted octanol–water partition coefficient (Wildman–Crippen LogP) is 4.94. The molecule has 1 aliphatic carbocycles. The SMILES string of the molecule is CC(C)=CCC(C(C)O)C1CCCCC12CO2.CN(C)CCOc1ccc(CCC(=O)O)cc1. The van der Waals surface area contributed by atoms with E-state index in [0.717, 1.165) is 30.9 Å². The van der Waals surface area contributed by atoms with Crippen LogP contribution in [0.5, 0.6) is 5.75 Å². The first-order chi connectivity index (χ1) is 16.1. The van der Waals surface area contributed by atoms with Gasteiger partial charge in [-0.15, -0.1) is 0 Å². The summed E-state index contributed by atoms with van der Waals surface area (Å²) in [5.74, 6) is 0.988. The molecule has 1 saturated carbocycles. The fraction of sp³-hybridized carbons (Fsp3) is 0.679. The Morgan fingerprint density at radius 3 is 2.47 bits per heavy atom. The van der Waals surface area contributed by atoms with Gasteiger partial charge < -0.3 is 24.6 Å². The van der Waals surface area contributed by atoms with Gasteiger partial charge in [0, 0.05) is 13.0 Å². The van der Waals surface area contributed by atoms with Crippen LogP contribution in [0.3, 0.4) is 0 Å². The van der Waals surface area contributed by atoms with Crippen LogP contribution in [-0.2, 0) is 16.0 Å². The number of ether oxygens (including phenoxy) is 2. The Morgan fingerprint density at radius 2 is 1.94 bits per heavy atom. The monoisotopic (exact) mass is 475 g/mol. The first-order valence-corrected chi connectivity index (χ1v) is 12.7. The third-order valence-electron chi connectivity index (χ3n) is 6.85. The summed E-state index contributed by atoms with van der Waals surface area (Å²) in [5, 5.41) is 18.6. The quantitative estimate of drug-likeness (QED) is 0.348. The summed E-state index contributed by atoms with van der Waals surface area (Å²) < 4.78 is 11.3. The van der Waals surface area contributed by atoms with Crippen molar-refractivity contribution in [1.29, 1.82) is 0 Å². The van der Waals surface area contributed by atoms with Gasteiger partial charge in [0.2, 0.25) is 0 Å². The summed E-state index contributed by atoms with van der Waals surface area (Å²) in [4.78, 5) is 12.5. The Kier molecular flexibility index (Phi) is 11.6. The van der Waals surface area contributed by atoms with Crippen molar-refractivity contribution in [3.05, 3.63) is 41.5 Å². The number of carboxylic acid groups (broad SMARTS) is 1. The second-order valence-electron chi connectivity index (χ2n) is 10.3. The molecule has 4 unspecified atom stereocenters. The normalized spacial score (nSPS) is 23.0. The Labute approximate surface area is 206 Å². The lowest BCUT2D eigenvalue weighted by Crippen LogP contribution is -2.38. The number of benzene rings is 1. The number of hydrogen-bond donors (Lipinski definition) is 2. The van der Waals surface area contributed by atoms with Crippen LogP contribution in [0.2, 0.25) is 0 Å². The highest BCUT2D eigenvalue weighted by molar-refractivity contribution is 5.67. The van der Waals surface area contributed by atoms with Gasteiger partial charge in [-0.3, -0.25) is 4.79 Å². The van der Waals surface area contributed by atoms with Crippen molar-refractivity contribution in [1.82, 2.24) is 4.90 Å². The molecule has 0 radical (unpaired) electrons. The maximum atomic E-state index is 10.4. The highest BCUT2D eigenvalue weighted by Crippen LogP contribution is 2.50. The molecule has 2 fully saturated rings. The maximum absolute atomic E-state index is 10.4. The minimum atomic E-state index is -0.767. The highest BCUT2D eigenvalue weighted by atomic mass is 16.6. The van der Waals surface area contributed by atoms with Crippen LogP contribution in [0.1, 0.15) is 64.9 Å². The number of likely N-dealkylation sites (N-methyl/N-ethyl adjacent to an activating group) is 1. The van der Waals surface area contributed by atoms with Crippen molar-refractivity contribution in [2.24, 2.45) is 11.8 Å². The van der Waals surface area contributed by atoms with Gasteiger partial charge >= 0.3 is 5.97 Å². The van der Waals surface area contributed by atoms with Gasteiger partial charge in [0.05, 0.1) is 18.3 Å². The molecule has 2 N–H and O–H groups in total. The third-order valence-corrected chi connectivity index (χ3v) is 6.85. The summed E-state index contributed by atoms with van der Waals surface area (Å²) in [6.07, 6.45) is 8.79. The summed E-state index contributed by atoms with van der Waals surface area (Å²) in [7, 11) is 4.00. The zero-order valence-electron chi connectivity index (χ0n) is 21.8. The maximum Gasteiger partial charge on any atom is 0.303 e. The van der Waals surface area contributed by atoms with Crippen molar-refractivity contribution in [3.8, 4) is 5.75 Å². The average Bonchev–Trinajstić information content (AvgIpc) is 3.54. The molecule has 0 amide bonds. The molecule has 0 bridgehead atoms. The molecule has 6 nitrogen and oxygen atoms in total. The number of aliphatic carboxylic acids is 1. The molecule has 1 aromatic rings. The number of aryl methyl sites for hydroxylation is 1. The second kappa shape index (κ2) is 13.9. The average molecular weight is 476 g/mol. The van der Waals surface area contributed by atoms with Crippen molar-refractivity contribution < 1.29 is 24.5 Å². The predicted molar refractivity (Wildman–Crippen MR) is 136 cm³/mol. The first-order valence-electron chi connectivity index (χ1n) is 12.7. The number of nitrogens with zero attached hydrogens (tertiary/aromatic N) is 1. The lowest BCUT2D eigenvalue weighted by molar-refractivity contribution is -0.136. The zero-order valence-corrected chi connectivity index (χ0v) is 21.8. The van der Waals surface area contributed by atoms with E-state index in [4.69, 9.17) is 14.6 Å². The number of aliphatic hydroxyl groups is 1. The molecule has 6 heteroatoms. The van der Waals surface area contributed by atoms with Crippen molar-refractivity contribution in [2.75, 3.05) is 33.9 Å². The van der Waals surface area contributed by atoms with Crippen molar-refractivity contribution in [2.45, 2.75) is 77.4 Å². The number of hydrogen-bond acceptors (Lipinski definition) is 5. The van der Waals surface area contributed by atoms with Crippen LogP contribution in [-0.4, -0.2) is 66.6 Å². The van der Waals surface area contributed by atoms with Gasteiger partial charge in [-0.05, 0) is 90.1 Å². The van der Waals surface area contributed by atoms with E-state index in [1.54, 1.807) is 0 Å². The summed E-state index contributed by atoms with van der Waals surface area (Å²) in [6, 6.07) is 7.58. The van der Waals surface area contributed by atoms with Crippen LogP contribution >= 0.6 is 0 Å². The highest BCUT2D eigenvalue weighted by Gasteiger charge is 2.55. The molecule has 34 heavy (non-hydrogen) atoms. The molecule has 1 aliphatic heterocycles. The van der Waals surface area contributed by atoms with Gasteiger partial charge in [-0.25, -0.2) is 0 Å². The molecule has 3 rings (SSSR count). The number of carboxylic acids is 1. The molecule has 1 heterocycles. The van der Waals surface area contributed by atoms with E-state index in [-0.39, 0.29) is 18.1 Å². The molecule has 1 saturated heterocycles. The molecule has 1 spiro atoms. The minimum Gasteiger partial charge on any atom is -0.492 e. The molecule has 1 aromatic carbocycles. The summed E-state index contributed by atoms with van der Waals surface area (Å²) in [5.41, 5.74) is 2.51. The van der Waals surface area contributed by atoms with Gasteiger partial charge in [0.15, 0.2) is 0 Å². The van der Waals surface area contributed by atoms with E-state index in [1.807, 2.05) is 45.3 Å². The number of epoxide rings is 1.